The van der Waals surface area contributed by atoms with Crippen molar-refractivity contribution in [3.63, 3.8) is 0 Å². The smallest absolute Gasteiger partial charge is 0.262 e. The molecule has 7 nitrogen and oxygen atoms in total. The van der Waals surface area contributed by atoms with Gasteiger partial charge in [-0.25, -0.2) is 0 Å². The summed E-state index contributed by atoms with van der Waals surface area (Å²) in [7, 11) is 4.59. The highest BCUT2D eigenvalue weighted by Crippen LogP contribution is 2.36. The Bertz CT molecular complexity index is 1370. The van der Waals surface area contributed by atoms with Crippen molar-refractivity contribution < 1.29 is 23.7 Å². The number of methoxy groups -OCH3 is 3. The number of hydrogen-bond acceptors (Lipinski definition) is 6. The molecule has 10 heteroatoms. The second-order valence-corrected chi connectivity index (χ2v) is 9.28. The Balaban J connectivity index is 1.77. The maximum Gasteiger partial charge on any atom is 0.262 e. The van der Waals surface area contributed by atoms with E-state index < -0.39 is 5.91 Å². The number of ether oxygens (including phenoxy) is 4. The summed E-state index contributed by atoms with van der Waals surface area (Å²) in [5, 5.41) is 13.4. The van der Waals surface area contributed by atoms with Gasteiger partial charge in [0.25, 0.3) is 5.91 Å². The molecule has 0 atom stereocenters. The lowest BCUT2D eigenvalue weighted by molar-refractivity contribution is -0.117. The van der Waals surface area contributed by atoms with Crippen molar-refractivity contribution in [1.82, 2.24) is 5.32 Å². The second kappa shape index (κ2) is 13.2. The maximum absolute atomic E-state index is 12.8. The average molecular weight is 606 g/mol. The van der Waals surface area contributed by atoms with Crippen LogP contribution in [-0.4, -0.2) is 27.2 Å². The zero-order valence-electron chi connectivity index (χ0n) is 20.2. The van der Waals surface area contributed by atoms with E-state index in [9.17, 15) is 10.1 Å². The van der Waals surface area contributed by atoms with Crippen LogP contribution in [0, 0.1) is 11.3 Å². The van der Waals surface area contributed by atoms with Gasteiger partial charge < -0.3 is 24.3 Å². The van der Waals surface area contributed by atoms with E-state index in [1.54, 1.807) is 55.6 Å². The highest BCUT2D eigenvalue weighted by molar-refractivity contribution is 9.10. The summed E-state index contributed by atoms with van der Waals surface area (Å²) in [6.45, 7) is 0.351. The Hall–Kier alpha value is -3.38. The largest absolute Gasteiger partial charge is 0.497 e. The third-order valence-electron chi connectivity index (χ3n) is 5.28. The normalized spacial score (nSPS) is 10.9. The van der Waals surface area contributed by atoms with Crippen LogP contribution in [0.25, 0.3) is 6.08 Å². The first-order chi connectivity index (χ1) is 17.8. The molecule has 192 valence electrons. The van der Waals surface area contributed by atoms with E-state index in [0.717, 1.165) is 11.1 Å². The summed E-state index contributed by atoms with van der Waals surface area (Å²) in [6, 6.07) is 15.7. The summed E-state index contributed by atoms with van der Waals surface area (Å²) in [5.41, 5.74) is 1.96. The van der Waals surface area contributed by atoms with Gasteiger partial charge in [-0.2, -0.15) is 5.26 Å². The van der Waals surface area contributed by atoms with E-state index in [2.05, 4.69) is 21.2 Å². The zero-order valence-corrected chi connectivity index (χ0v) is 23.3. The van der Waals surface area contributed by atoms with Gasteiger partial charge in [0.2, 0.25) is 0 Å². The Labute approximate surface area is 233 Å². The van der Waals surface area contributed by atoms with E-state index in [-0.39, 0.29) is 18.7 Å². The maximum atomic E-state index is 12.8. The molecule has 3 rings (SSSR count). The number of carbonyl (C=O) groups is 1. The van der Waals surface area contributed by atoms with Crippen molar-refractivity contribution in [1.29, 1.82) is 5.26 Å². The monoisotopic (exact) mass is 604 g/mol. The number of nitrogens with one attached hydrogen (secondary N) is 1. The van der Waals surface area contributed by atoms with E-state index in [0.29, 0.717) is 43.1 Å². The lowest BCUT2D eigenvalue weighted by Gasteiger charge is -2.14. The first-order valence-corrected chi connectivity index (χ1v) is 12.4. The van der Waals surface area contributed by atoms with E-state index >= 15 is 0 Å². The minimum Gasteiger partial charge on any atom is -0.497 e. The number of rotatable bonds is 10. The number of benzene rings is 3. The Morgan fingerprint density at radius 3 is 2.35 bits per heavy atom. The van der Waals surface area contributed by atoms with E-state index in [1.807, 2.05) is 6.07 Å². The fraction of sp³-hybridized carbons (Fsp3) is 0.185. The molecule has 0 aliphatic heterocycles. The second-order valence-electron chi connectivity index (χ2n) is 7.58. The van der Waals surface area contributed by atoms with Crippen LogP contribution in [0.5, 0.6) is 23.0 Å². The van der Waals surface area contributed by atoms with Crippen LogP contribution in [0.15, 0.2) is 58.6 Å². The predicted octanol–water partition coefficient (Wildman–Crippen LogP) is 6.58. The molecule has 0 saturated heterocycles. The van der Waals surface area contributed by atoms with Crippen molar-refractivity contribution in [3.05, 3.63) is 85.3 Å². The van der Waals surface area contributed by atoms with Gasteiger partial charge in [-0.3, -0.25) is 4.79 Å². The lowest BCUT2D eigenvalue weighted by atomic mass is 10.1. The Morgan fingerprint density at radius 1 is 0.973 bits per heavy atom. The van der Waals surface area contributed by atoms with Crippen molar-refractivity contribution in [3.8, 4) is 29.1 Å². The summed E-state index contributed by atoms with van der Waals surface area (Å²) < 4.78 is 22.5. The standard InChI is InChI=1S/C27H23BrCl2N2O5/c1-34-21-7-5-16(24(11-21)35-2)14-32-27(33)19(13-31)8-18-9-25(36-3)26(12-22(18)28)37-15-17-4-6-20(29)10-23(17)30/h4-12H,14-15H2,1-3H3,(H,32,33)/b19-8+. The quantitative estimate of drug-likeness (QED) is 0.207. The average Bonchev–Trinajstić information content (AvgIpc) is 2.90. The Kier molecular flexibility index (Phi) is 10.1. The summed E-state index contributed by atoms with van der Waals surface area (Å²) in [4.78, 5) is 12.8. The van der Waals surface area contributed by atoms with Crippen LogP contribution >= 0.6 is 39.1 Å². The van der Waals surface area contributed by atoms with Gasteiger partial charge in [0, 0.05) is 38.3 Å². The van der Waals surface area contributed by atoms with Gasteiger partial charge >= 0.3 is 0 Å². The van der Waals surface area contributed by atoms with Crippen molar-refractivity contribution in [2.24, 2.45) is 0 Å². The molecule has 1 amide bonds. The molecular weight excluding hydrogens is 583 g/mol. The van der Waals surface area contributed by atoms with Crippen LogP contribution in [0.2, 0.25) is 10.0 Å². The van der Waals surface area contributed by atoms with Crippen LogP contribution in [-0.2, 0) is 17.9 Å². The van der Waals surface area contributed by atoms with Gasteiger partial charge in [-0.05, 0) is 48.0 Å². The van der Waals surface area contributed by atoms with Gasteiger partial charge in [0.05, 0.1) is 21.3 Å². The molecule has 3 aromatic carbocycles. The fourth-order valence-corrected chi connectivity index (χ4v) is 4.20. The highest BCUT2D eigenvalue weighted by atomic mass is 79.9. The molecule has 37 heavy (non-hydrogen) atoms. The molecule has 0 heterocycles. The molecule has 0 aliphatic rings. The lowest BCUT2D eigenvalue weighted by Crippen LogP contribution is -2.24. The fourth-order valence-electron chi connectivity index (χ4n) is 3.30. The van der Waals surface area contributed by atoms with E-state index in [1.165, 1.54) is 20.3 Å². The summed E-state index contributed by atoms with van der Waals surface area (Å²) in [5.74, 6) is 1.52. The van der Waals surface area contributed by atoms with E-state index in [4.69, 9.17) is 42.1 Å². The first-order valence-electron chi connectivity index (χ1n) is 10.8. The van der Waals surface area contributed by atoms with Crippen molar-refractivity contribution >= 4 is 51.1 Å². The molecule has 3 aromatic rings. The molecule has 0 spiro atoms. The number of hydrogen-bond donors (Lipinski definition) is 1. The molecule has 0 unspecified atom stereocenters. The first kappa shape index (κ1) is 28.2. The van der Waals surface area contributed by atoms with Crippen LogP contribution in [0.4, 0.5) is 0 Å². The Morgan fingerprint density at radius 2 is 1.70 bits per heavy atom. The number of halogens is 3. The summed E-state index contributed by atoms with van der Waals surface area (Å²) in [6.07, 6.45) is 1.47. The minimum absolute atomic E-state index is 0.0863. The van der Waals surface area contributed by atoms with Crippen LogP contribution in [0.1, 0.15) is 16.7 Å². The molecule has 0 aliphatic carbocycles. The molecular formula is C27H23BrCl2N2O5. The van der Waals surface area contributed by atoms with Gasteiger partial charge in [0.1, 0.15) is 29.7 Å². The molecule has 0 saturated carbocycles. The van der Waals surface area contributed by atoms with Gasteiger partial charge in [-0.1, -0.05) is 45.2 Å². The predicted molar refractivity (Wildman–Crippen MR) is 146 cm³/mol. The molecule has 0 radical (unpaired) electrons. The topological polar surface area (TPSA) is 89.8 Å². The van der Waals surface area contributed by atoms with Crippen LogP contribution < -0.4 is 24.3 Å². The third kappa shape index (κ3) is 7.32. The molecule has 0 fully saturated rings. The molecule has 1 N–H and O–H groups in total. The van der Waals surface area contributed by atoms with Crippen molar-refractivity contribution in [2.75, 3.05) is 21.3 Å². The molecule has 0 bridgehead atoms. The molecule has 0 aromatic heterocycles. The third-order valence-corrected chi connectivity index (χ3v) is 6.55. The number of amides is 1. The SMILES string of the molecule is COc1ccc(CNC(=O)/C(C#N)=C/c2cc(OC)c(OCc3ccc(Cl)cc3Cl)cc2Br)c(OC)c1. The highest BCUT2D eigenvalue weighted by Gasteiger charge is 2.15. The van der Waals surface area contributed by atoms with Gasteiger partial charge in [-0.15, -0.1) is 0 Å². The van der Waals surface area contributed by atoms with Crippen LogP contribution in [0.3, 0.4) is 0 Å². The number of carbonyl (C=O) groups excluding carboxylic acids is 1. The minimum atomic E-state index is -0.538. The van der Waals surface area contributed by atoms with Crippen molar-refractivity contribution in [2.45, 2.75) is 13.2 Å². The summed E-state index contributed by atoms with van der Waals surface area (Å²) >= 11 is 15.7. The number of nitrogens with zero attached hydrogens (tertiary/aromatic N) is 1. The van der Waals surface area contributed by atoms with Gasteiger partial charge in [0.15, 0.2) is 11.5 Å². The zero-order chi connectivity index (χ0) is 26.9. The number of nitriles is 1.